The van der Waals surface area contributed by atoms with Crippen molar-refractivity contribution in [2.75, 3.05) is 6.61 Å². The fourth-order valence-electron chi connectivity index (χ4n) is 2.27. The molecule has 0 unspecified atom stereocenters. The first-order valence-corrected chi connectivity index (χ1v) is 8.76. The molecule has 1 fully saturated rings. The minimum atomic E-state index is -1.05. The number of ether oxygens (including phenoxy) is 1. The van der Waals surface area contributed by atoms with E-state index in [9.17, 15) is 14.7 Å². The van der Waals surface area contributed by atoms with Crippen molar-refractivity contribution >= 4 is 40.6 Å². The average Bonchev–Trinajstić information content (AvgIpc) is 2.96. The van der Waals surface area contributed by atoms with E-state index < -0.39 is 12.6 Å². The predicted octanol–water partition coefficient (Wildman–Crippen LogP) is 3.06. The van der Waals surface area contributed by atoms with E-state index in [1.165, 1.54) is 11.8 Å². The summed E-state index contributed by atoms with van der Waals surface area (Å²) in [5.74, 6) is -0.852. The van der Waals surface area contributed by atoms with Gasteiger partial charge in [-0.1, -0.05) is 18.2 Å². The smallest absolute Gasteiger partial charge is 0.341 e. The van der Waals surface area contributed by atoms with Gasteiger partial charge in [-0.15, -0.1) is 0 Å². The quantitative estimate of drug-likeness (QED) is 0.684. The van der Waals surface area contributed by atoms with Gasteiger partial charge in [0.25, 0.3) is 5.91 Å². The average molecular weight is 384 g/mol. The highest BCUT2D eigenvalue weighted by molar-refractivity contribution is 8.18. The summed E-state index contributed by atoms with van der Waals surface area (Å²) in [7, 11) is 0. The molecule has 0 bridgehead atoms. The zero-order chi connectivity index (χ0) is 19.4. The van der Waals surface area contributed by atoms with Crippen LogP contribution in [0.5, 0.6) is 11.5 Å². The van der Waals surface area contributed by atoms with E-state index in [2.05, 4.69) is 10.3 Å². The van der Waals surface area contributed by atoms with E-state index in [1.54, 1.807) is 42.5 Å². The van der Waals surface area contributed by atoms with Gasteiger partial charge in [-0.3, -0.25) is 4.79 Å². The van der Waals surface area contributed by atoms with E-state index in [0.717, 1.165) is 11.1 Å². The van der Waals surface area contributed by atoms with E-state index >= 15 is 0 Å². The molecule has 0 aromatic heterocycles. The van der Waals surface area contributed by atoms with Crippen molar-refractivity contribution in [1.29, 1.82) is 0 Å². The molecule has 1 saturated heterocycles. The molecule has 2 aromatic carbocycles. The lowest BCUT2D eigenvalue weighted by atomic mass is 10.2. The third-order valence-corrected chi connectivity index (χ3v) is 4.45. The number of phenols is 1. The summed E-state index contributed by atoms with van der Waals surface area (Å²) in [6, 6.07) is 11.8. The summed E-state index contributed by atoms with van der Waals surface area (Å²) in [6.45, 7) is 1.45. The minimum Gasteiger partial charge on any atom is -0.506 e. The molecule has 7 nitrogen and oxygen atoms in total. The van der Waals surface area contributed by atoms with Crippen molar-refractivity contribution < 1.29 is 24.5 Å². The second-order valence-electron chi connectivity index (χ2n) is 5.73. The molecule has 2 aromatic rings. The van der Waals surface area contributed by atoms with Crippen LogP contribution in [0.1, 0.15) is 11.1 Å². The number of nitrogens with zero attached hydrogens (tertiary/aromatic N) is 1. The normalized spacial score (nSPS) is 16.6. The second kappa shape index (κ2) is 7.96. The maximum Gasteiger partial charge on any atom is 0.341 e. The van der Waals surface area contributed by atoms with Crippen LogP contribution < -0.4 is 10.1 Å². The molecule has 0 saturated carbocycles. The van der Waals surface area contributed by atoms with Crippen LogP contribution in [0.15, 0.2) is 52.4 Å². The number of benzene rings is 2. The zero-order valence-electron chi connectivity index (χ0n) is 14.3. The second-order valence-corrected chi connectivity index (χ2v) is 6.76. The van der Waals surface area contributed by atoms with E-state index in [0.29, 0.717) is 21.5 Å². The lowest BCUT2D eigenvalue weighted by Gasteiger charge is -2.03. The van der Waals surface area contributed by atoms with Crippen molar-refractivity contribution in [1.82, 2.24) is 5.32 Å². The van der Waals surface area contributed by atoms with E-state index in [1.807, 2.05) is 13.0 Å². The standard InChI is InChI=1S/C19H16N2O5S/c1-11-2-7-14(15(22)8-11)20-19-21-18(25)16(27-19)9-12-3-5-13(6-4-12)26-10-17(23)24/h2-9,22H,10H2,1H3,(H,23,24)(H,20,21,25)/b16-9-. The monoisotopic (exact) mass is 384 g/mol. The number of carboxylic acid groups (broad SMARTS) is 1. The number of hydrogen-bond acceptors (Lipinski definition) is 6. The highest BCUT2D eigenvalue weighted by Gasteiger charge is 2.24. The first kappa shape index (κ1) is 18.5. The van der Waals surface area contributed by atoms with Gasteiger partial charge in [0.2, 0.25) is 0 Å². The number of rotatable bonds is 5. The molecular formula is C19H16N2O5S. The van der Waals surface area contributed by atoms with Gasteiger partial charge in [0.1, 0.15) is 17.2 Å². The summed E-state index contributed by atoms with van der Waals surface area (Å²) >= 11 is 1.17. The molecule has 138 valence electrons. The highest BCUT2D eigenvalue weighted by Crippen LogP contribution is 2.32. The predicted molar refractivity (Wildman–Crippen MR) is 103 cm³/mol. The van der Waals surface area contributed by atoms with Crippen molar-refractivity contribution in [3.63, 3.8) is 0 Å². The van der Waals surface area contributed by atoms with Gasteiger partial charge in [0.15, 0.2) is 11.8 Å². The van der Waals surface area contributed by atoms with Crippen molar-refractivity contribution in [3.05, 3.63) is 58.5 Å². The maximum absolute atomic E-state index is 12.1. The molecule has 1 amide bonds. The lowest BCUT2D eigenvalue weighted by Crippen LogP contribution is -2.19. The number of aryl methyl sites for hydroxylation is 1. The van der Waals surface area contributed by atoms with E-state index in [-0.39, 0.29) is 11.7 Å². The largest absolute Gasteiger partial charge is 0.506 e. The van der Waals surface area contributed by atoms with Crippen LogP contribution in [0.3, 0.4) is 0 Å². The van der Waals surface area contributed by atoms with Crippen LogP contribution >= 0.6 is 11.8 Å². The van der Waals surface area contributed by atoms with Crippen LogP contribution in [-0.4, -0.2) is 33.9 Å². The Morgan fingerprint density at radius 1 is 1.26 bits per heavy atom. The van der Waals surface area contributed by atoms with E-state index in [4.69, 9.17) is 9.84 Å². The number of aliphatic carboxylic acids is 1. The molecule has 27 heavy (non-hydrogen) atoms. The van der Waals surface area contributed by atoms with Gasteiger partial charge in [0, 0.05) is 0 Å². The Kier molecular flexibility index (Phi) is 5.46. The lowest BCUT2D eigenvalue weighted by molar-refractivity contribution is -0.139. The Morgan fingerprint density at radius 2 is 2.00 bits per heavy atom. The van der Waals surface area contributed by atoms with Crippen LogP contribution in [0.4, 0.5) is 5.69 Å². The molecule has 1 heterocycles. The SMILES string of the molecule is Cc1ccc(N=C2NC(=O)/C(=C/c3ccc(OCC(=O)O)cc3)S2)c(O)c1. The Morgan fingerprint density at radius 3 is 2.67 bits per heavy atom. The van der Waals surface area contributed by atoms with Crippen LogP contribution in [0.25, 0.3) is 6.08 Å². The van der Waals surface area contributed by atoms with Crippen LogP contribution in [-0.2, 0) is 9.59 Å². The number of carbonyl (C=O) groups is 2. The van der Waals surface area contributed by atoms with Crippen molar-refractivity contribution in [2.45, 2.75) is 6.92 Å². The number of amides is 1. The number of hydrogen-bond donors (Lipinski definition) is 3. The summed E-state index contributed by atoms with van der Waals surface area (Å²) in [5.41, 5.74) is 2.05. The summed E-state index contributed by atoms with van der Waals surface area (Å²) in [4.78, 5) is 27.4. The first-order valence-electron chi connectivity index (χ1n) is 7.94. The van der Waals surface area contributed by atoms with Crippen molar-refractivity contribution in [2.24, 2.45) is 4.99 Å². The summed E-state index contributed by atoms with van der Waals surface area (Å²) in [6.07, 6.45) is 1.69. The van der Waals surface area contributed by atoms with Gasteiger partial charge in [0.05, 0.1) is 4.91 Å². The number of carbonyl (C=O) groups excluding carboxylic acids is 1. The maximum atomic E-state index is 12.1. The van der Waals surface area contributed by atoms with Gasteiger partial charge in [-0.05, 0) is 60.2 Å². The van der Waals surface area contributed by atoms with Crippen LogP contribution in [0, 0.1) is 6.92 Å². The third kappa shape index (κ3) is 4.89. The highest BCUT2D eigenvalue weighted by atomic mass is 32.2. The number of carboxylic acids is 1. The van der Waals surface area contributed by atoms with Gasteiger partial charge in [-0.2, -0.15) is 0 Å². The number of nitrogens with one attached hydrogen (secondary N) is 1. The van der Waals surface area contributed by atoms with Gasteiger partial charge >= 0.3 is 5.97 Å². The molecule has 8 heteroatoms. The minimum absolute atomic E-state index is 0.0479. The van der Waals surface area contributed by atoms with Crippen molar-refractivity contribution in [3.8, 4) is 11.5 Å². The number of thioether (sulfide) groups is 1. The topological polar surface area (TPSA) is 108 Å². The molecule has 3 rings (SSSR count). The molecule has 1 aliphatic heterocycles. The third-order valence-electron chi connectivity index (χ3n) is 3.54. The summed E-state index contributed by atoms with van der Waals surface area (Å²) < 4.78 is 5.07. The van der Waals surface area contributed by atoms with Crippen LogP contribution in [0.2, 0.25) is 0 Å². The molecule has 1 aliphatic rings. The molecular weight excluding hydrogens is 368 g/mol. The van der Waals surface area contributed by atoms with Gasteiger partial charge < -0.3 is 20.3 Å². The molecule has 0 aliphatic carbocycles. The Labute approximate surface area is 159 Å². The number of aromatic hydroxyl groups is 1. The molecule has 0 spiro atoms. The summed E-state index contributed by atoms with van der Waals surface area (Å²) in [5, 5.41) is 21.6. The number of amidine groups is 1. The fraction of sp³-hybridized carbons (Fsp3) is 0.105. The number of aliphatic imine (C=N–C) groups is 1. The molecule has 0 atom stereocenters. The molecule has 0 radical (unpaired) electrons. The Bertz CT molecular complexity index is 951. The Balaban J connectivity index is 1.73. The van der Waals surface area contributed by atoms with Gasteiger partial charge in [-0.25, -0.2) is 9.79 Å². The first-order chi connectivity index (χ1) is 12.9. The Hall–Kier alpha value is -3.26. The fourth-order valence-corrected chi connectivity index (χ4v) is 3.11. The number of phenolic OH excluding ortho intramolecular Hbond substituents is 1. The zero-order valence-corrected chi connectivity index (χ0v) is 15.1. The molecule has 3 N–H and O–H groups in total.